The fraction of sp³-hybridized carbons (Fsp3) is 0.300. The third-order valence-electron chi connectivity index (χ3n) is 1.91. The van der Waals surface area contributed by atoms with Crippen molar-refractivity contribution in [2.45, 2.75) is 12.5 Å². The molecule has 1 rings (SSSR count). The molecular weight excluding hydrogens is 200 g/mol. The average molecular weight is 211 g/mol. The van der Waals surface area contributed by atoms with Crippen LogP contribution in [0.4, 0.5) is 0 Å². The fourth-order valence-corrected chi connectivity index (χ4v) is 1.40. The van der Waals surface area contributed by atoms with Crippen LogP contribution in [-0.2, 0) is 0 Å². The molecular formula is C10H11ClN2O. The highest BCUT2D eigenvalue weighted by Gasteiger charge is 2.10. The predicted molar refractivity (Wildman–Crippen MR) is 55.2 cm³/mol. The first-order valence-electron chi connectivity index (χ1n) is 4.15. The molecule has 0 saturated heterocycles. The van der Waals surface area contributed by atoms with E-state index >= 15 is 0 Å². The summed E-state index contributed by atoms with van der Waals surface area (Å²) in [7, 11) is 1.57. The van der Waals surface area contributed by atoms with Gasteiger partial charge in [-0.25, -0.2) is 0 Å². The van der Waals surface area contributed by atoms with Crippen LogP contribution in [0.3, 0.4) is 0 Å². The summed E-state index contributed by atoms with van der Waals surface area (Å²) >= 11 is 5.94. The fourth-order valence-electron chi connectivity index (χ4n) is 1.14. The molecule has 14 heavy (non-hydrogen) atoms. The molecule has 4 heteroatoms. The molecule has 0 amide bonds. The van der Waals surface area contributed by atoms with E-state index in [1.54, 1.807) is 25.3 Å². The SMILES string of the molecule is COc1ccc(Cl)c([C@H](N)CC#N)c1. The zero-order valence-corrected chi connectivity index (χ0v) is 8.58. The number of benzene rings is 1. The van der Waals surface area contributed by atoms with E-state index in [1.165, 1.54) is 0 Å². The van der Waals surface area contributed by atoms with E-state index in [1.807, 2.05) is 6.07 Å². The average Bonchev–Trinajstić information content (AvgIpc) is 2.19. The number of nitrogens with two attached hydrogens (primary N) is 1. The molecule has 0 aliphatic rings. The van der Waals surface area contributed by atoms with Crippen LogP contribution >= 0.6 is 11.6 Å². The van der Waals surface area contributed by atoms with Crippen molar-refractivity contribution in [2.24, 2.45) is 5.73 Å². The van der Waals surface area contributed by atoms with Crippen molar-refractivity contribution in [3.05, 3.63) is 28.8 Å². The molecule has 0 spiro atoms. The summed E-state index contributed by atoms with van der Waals surface area (Å²) in [6, 6.07) is 6.87. The molecule has 1 aromatic rings. The molecule has 0 bridgehead atoms. The highest BCUT2D eigenvalue weighted by atomic mass is 35.5. The van der Waals surface area contributed by atoms with Crippen LogP contribution in [0.25, 0.3) is 0 Å². The van der Waals surface area contributed by atoms with E-state index in [0.29, 0.717) is 10.8 Å². The quantitative estimate of drug-likeness (QED) is 0.833. The Morgan fingerprint density at radius 3 is 2.93 bits per heavy atom. The Hall–Kier alpha value is -1.24. The smallest absolute Gasteiger partial charge is 0.119 e. The van der Waals surface area contributed by atoms with Crippen LogP contribution < -0.4 is 10.5 Å². The first-order valence-corrected chi connectivity index (χ1v) is 4.52. The van der Waals surface area contributed by atoms with Crippen LogP contribution in [0.2, 0.25) is 5.02 Å². The van der Waals surface area contributed by atoms with Gasteiger partial charge in [-0.1, -0.05) is 11.6 Å². The summed E-state index contributed by atoms with van der Waals surface area (Å²) < 4.78 is 5.04. The van der Waals surface area contributed by atoms with Crippen molar-refractivity contribution < 1.29 is 4.74 Å². The maximum Gasteiger partial charge on any atom is 0.119 e. The second-order valence-electron chi connectivity index (χ2n) is 2.86. The van der Waals surface area contributed by atoms with Crippen LogP contribution in [0.1, 0.15) is 18.0 Å². The molecule has 0 unspecified atom stereocenters. The number of hydrogen-bond acceptors (Lipinski definition) is 3. The second kappa shape index (κ2) is 4.85. The summed E-state index contributed by atoms with van der Waals surface area (Å²) in [6.07, 6.45) is 0.243. The molecule has 1 aromatic carbocycles. The van der Waals surface area contributed by atoms with E-state index in [4.69, 9.17) is 27.3 Å². The number of methoxy groups -OCH3 is 1. The minimum absolute atomic E-state index is 0.243. The standard InChI is InChI=1S/C10H11ClN2O/c1-14-7-2-3-9(11)8(6-7)10(13)4-5-12/h2-3,6,10H,4,13H2,1H3/t10-/m1/s1. The lowest BCUT2D eigenvalue weighted by atomic mass is 10.1. The second-order valence-corrected chi connectivity index (χ2v) is 3.26. The van der Waals surface area contributed by atoms with Crippen LogP contribution in [0.15, 0.2) is 18.2 Å². The number of nitriles is 1. The Kier molecular flexibility index (Phi) is 3.75. The number of ether oxygens (including phenoxy) is 1. The minimum atomic E-state index is -0.359. The highest BCUT2D eigenvalue weighted by Crippen LogP contribution is 2.27. The predicted octanol–water partition coefficient (Wildman–Crippen LogP) is 2.26. The number of halogens is 1. The van der Waals surface area contributed by atoms with Gasteiger partial charge in [0.25, 0.3) is 0 Å². The van der Waals surface area contributed by atoms with Gasteiger partial charge in [-0.05, 0) is 23.8 Å². The van der Waals surface area contributed by atoms with Crippen molar-refractivity contribution in [1.82, 2.24) is 0 Å². The molecule has 1 atom stereocenters. The molecule has 3 nitrogen and oxygen atoms in total. The maximum atomic E-state index is 8.51. The van der Waals surface area contributed by atoms with Gasteiger partial charge in [0.15, 0.2) is 0 Å². The van der Waals surface area contributed by atoms with Gasteiger partial charge in [0.2, 0.25) is 0 Å². The van der Waals surface area contributed by atoms with Gasteiger partial charge in [-0.2, -0.15) is 5.26 Å². The van der Waals surface area contributed by atoms with Gasteiger partial charge in [-0.3, -0.25) is 0 Å². The largest absolute Gasteiger partial charge is 0.497 e. The molecule has 0 fully saturated rings. The molecule has 2 N–H and O–H groups in total. The summed E-state index contributed by atoms with van der Waals surface area (Å²) in [4.78, 5) is 0. The molecule has 74 valence electrons. The van der Waals surface area contributed by atoms with Crippen LogP contribution in [-0.4, -0.2) is 7.11 Å². The van der Waals surface area contributed by atoms with Gasteiger partial charge in [-0.15, -0.1) is 0 Å². The van der Waals surface area contributed by atoms with Gasteiger partial charge in [0, 0.05) is 11.1 Å². The maximum absolute atomic E-state index is 8.51. The summed E-state index contributed by atoms with van der Waals surface area (Å²) in [5.41, 5.74) is 6.51. The van der Waals surface area contributed by atoms with E-state index in [-0.39, 0.29) is 12.5 Å². The minimum Gasteiger partial charge on any atom is -0.497 e. The van der Waals surface area contributed by atoms with E-state index in [0.717, 1.165) is 5.56 Å². The van der Waals surface area contributed by atoms with Crippen molar-refractivity contribution in [2.75, 3.05) is 7.11 Å². The highest BCUT2D eigenvalue weighted by molar-refractivity contribution is 6.31. The lowest BCUT2D eigenvalue weighted by Crippen LogP contribution is -2.09. The molecule has 0 radical (unpaired) electrons. The summed E-state index contributed by atoms with van der Waals surface area (Å²) in [6.45, 7) is 0. The molecule has 0 aromatic heterocycles. The Morgan fingerprint density at radius 2 is 2.36 bits per heavy atom. The van der Waals surface area contributed by atoms with Crippen molar-refractivity contribution >= 4 is 11.6 Å². The number of hydrogen-bond donors (Lipinski definition) is 1. The number of nitrogens with zero attached hydrogens (tertiary/aromatic N) is 1. The molecule has 0 aliphatic carbocycles. The third kappa shape index (κ3) is 2.38. The van der Waals surface area contributed by atoms with Crippen molar-refractivity contribution in [3.8, 4) is 11.8 Å². The monoisotopic (exact) mass is 210 g/mol. The zero-order valence-electron chi connectivity index (χ0n) is 7.83. The van der Waals surface area contributed by atoms with Crippen LogP contribution in [0, 0.1) is 11.3 Å². The topological polar surface area (TPSA) is 59.0 Å². The lowest BCUT2D eigenvalue weighted by Gasteiger charge is -2.11. The van der Waals surface area contributed by atoms with Gasteiger partial charge < -0.3 is 10.5 Å². The van der Waals surface area contributed by atoms with Gasteiger partial charge in [0.1, 0.15) is 5.75 Å². The first kappa shape index (κ1) is 10.8. The lowest BCUT2D eigenvalue weighted by molar-refractivity contribution is 0.414. The third-order valence-corrected chi connectivity index (χ3v) is 2.26. The first-order chi connectivity index (χ1) is 6.69. The molecule has 0 heterocycles. The van der Waals surface area contributed by atoms with Crippen molar-refractivity contribution in [3.63, 3.8) is 0 Å². The van der Waals surface area contributed by atoms with E-state index in [2.05, 4.69) is 0 Å². The Labute approximate surface area is 88.0 Å². The zero-order chi connectivity index (χ0) is 10.6. The van der Waals surface area contributed by atoms with Gasteiger partial charge >= 0.3 is 0 Å². The Balaban J connectivity index is 3.00. The van der Waals surface area contributed by atoms with Gasteiger partial charge in [0.05, 0.1) is 19.6 Å². The summed E-state index contributed by atoms with van der Waals surface area (Å²) in [5, 5.41) is 9.07. The van der Waals surface area contributed by atoms with E-state index < -0.39 is 0 Å². The molecule has 0 saturated carbocycles. The normalized spacial score (nSPS) is 11.9. The molecule has 0 aliphatic heterocycles. The number of rotatable bonds is 3. The van der Waals surface area contributed by atoms with Crippen molar-refractivity contribution in [1.29, 1.82) is 5.26 Å². The Morgan fingerprint density at radius 1 is 1.64 bits per heavy atom. The van der Waals surface area contributed by atoms with E-state index in [9.17, 15) is 0 Å². The van der Waals surface area contributed by atoms with Crippen LogP contribution in [0.5, 0.6) is 5.75 Å². The Bertz CT molecular complexity index is 360. The summed E-state index contributed by atoms with van der Waals surface area (Å²) in [5.74, 6) is 0.692.